The number of sulfonamides is 1. The van der Waals surface area contributed by atoms with Crippen LogP contribution in [-0.2, 0) is 14.8 Å². The van der Waals surface area contributed by atoms with Gasteiger partial charge in [0.1, 0.15) is 5.75 Å². The van der Waals surface area contributed by atoms with Crippen molar-refractivity contribution in [1.82, 2.24) is 0 Å². The van der Waals surface area contributed by atoms with Crippen molar-refractivity contribution in [3.63, 3.8) is 0 Å². The van der Waals surface area contributed by atoms with Crippen LogP contribution >= 0.6 is 0 Å². The minimum absolute atomic E-state index is 0.105. The number of carbonyl (C=O) groups is 1. The molecule has 0 saturated heterocycles. The van der Waals surface area contributed by atoms with Crippen molar-refractivity contribution in [1.29, 1.82) is 0 Å². The molecule has 3 aromatic rings. The van der Waals surface area contributed by atoms with Gasteiger partial charge in [0, 0.05) is 11.4 Å². The Kier molecular flexibility index (Phi) is 7.12. The van der Waals surface area contributed by atoms with E-state index < -0.39 is 16.1 Å². The molecule has 1 unspecified atom stereocenters. The van der Waals surface area contributed by atoms with Crippen LogP contribution in [0.25, 0.3) is 0 Å². The lowest BCUT2D eigenvalue weighted by Gasteiger charge is -2.18. The maximum atomic E-state index is 12.7. The molecule has 0 heterocycles. The number of hydrogen-bond acceptors (Lipinski definition) is 4. The van der Waals surface area contributed by atoms with Crippen molar-refractivity contribution in [2.45, 2.75) is 52.5 Å². The largest absolute Gasteiger partial charge is 0.481 e. The van der Waals surface area contributed by atoms with Crippen LogP contribution in [0.15, 0.2) is 59.5 Å². The fraction of sp³-hybridized carbons (Fsp3) is 0.269. The van der Waals surface area contributed by atoms with Crippen LogP contribution in [-0.4, -0.2) is 20.4 Å². The Morgan fingerprint density at radius 1 is 0.818 bits per heavy atom. The van der Waals surface area contributed by atoms with Gasteiger partial charge in [0.05, 0.1) is 4.90 Å². The summed E-state index contributed by atoms with van der Waals surface area (Å²) < 4.78 is 33.9. The van der Waals surface area contributed by atoms with Crippen LogP contribution in [0.2, 0.25) is 0 Å². The Hall–Kier alpha value is -3.32. The van der Waals surface area contributed by atoms with Crippen LogP contribution in [0, 0.1) is 34.6 Å². The number of anilines is 2. The van der Waals surface area contributed by atoms with Crippen molar-refractivity contribution in [3.8, 4) is 5.75 Å². The van der Waals surface area contributed by atoms with Gasteiger partial charge in [0.2, 0.25) is 0 Å². The third-order valence-electron chi connectivity index (χ3n) is 5.63. The summed E-state index contributed by atoms with van der Waals surface area (Å²) in [6.07, 6.45) is -0.722. The smallest absolute Gasteiger partial charge is 0.265 e. The molecular weight excluding hydrogens is 436 g/mol. The Morgan fingerprint density at radius 3 is 2.09 bits per heavy atom. The third kappa shape index (κ3) is 5.93. The molecule has 0 radical (unpaired) electrons. The van der Waals surface area contributed by atoms with E-state index >= 15 is 0 Å². The maximum Gasteiger partial charge on any atom is 0.265 e. The number of carbonyl (C=O) groups excluding carboxylic acids is 1. The van der Waals surface area contributed by atoms with Gasteiger partial charge in [-0.15, -0.1) is 0 Å². The van der Waals surface area contributed by atoms with E-state index in [1.165, 1.54) is 12.1 Å². The topological polar surface area (TPSA) is 84.5 Å². The highest BCUT2D eigenvalue weighted by atomic mass is 32.2. The Bertz CT molecular complexity index is 1280. The van der Waals surface area contributed by atoms with Crippen LogP contribution in [0.3, 0.4) is 0 Å². The number of hydrogen-bond donors (Lipinski definition) is 2. The summed E-state index contributed by atoms with van der Waals surface area (Å²) in [6, 6.07) is 15.4. The Balaban J connectivity index is 1.67. The zero-order valence-electron chi connectivity index (χ0n) is 19.8. The van der Waals surface area contributed by atoms with Crippen molar-refractivity contribution in [3.05, 3.63) is 82.4 Å². The molecule has 0 aliphatic carbocycles. The summed E-state index contributed by atoms with van der Waals surface area (Å²) in [5.41, 5.74) is 6.23. The summed E-state index contributed by atoms with van der Waals surface area (Å²) in [4.78, 5) is 12.7. The Morgan fingerprint density at radius 2 is 1.45 bits per heavy atom. The minimum Gasteiger partial charge on any atom is -0.481 e. The van der Waals surface area contributed by atoms with E-state index in [1.54, 1.807) is 31.2 Å². The van der Waals surface area contributed by atoms with E-state index in [4.69, 9.17) is 4.74 Å². The molecule has 3 aromatic carbocycles. The SMILES string of the molecule is Cc1cc(C)c(C)c(OC(C)C(=O)Nc2ccc(S(=O)(=O)Nc3ccc(C)c(C)c3)cc2)c1. The van der Waals surface area contributed by atoms with E-state index in [9.17, 15) is 13.2 Å². The lowest BCUT2D eigenvalue weighted by molar-refractivity contribution is -0.122. The molecule has 0 spiro atoms. The standard InChI is InChI=1S/C26H30N2O4S/c1-16-13-19(4)20(5)25(14-16)32-21(6)26(29)27-22-9-11-24(12-10-22)33(30,31)28-23-8-7-17(2)18(3)15-23/h7-15,21,28H,1-6H3,(H,27,29). The molecule has 0 aromatic heterocycles. The van der Waals surface area contributed by atoms with Crippen LogP contribution in [0.5, 0.6) is 5.75 Å². The lowest BCUT2D eigenvalue weighted by atomic mass is 10.1. The maximum absolute atomic E-state index is 12.7. The van der Waals surface area contributed by atoms with Gasteiger partial charge in [-0.2, -0.15) is 0 Å². The fourth-order valence-electron chi connectivity index (χ4n) is 3.35. The average Bonchev–Trinajstić information content (AvgIpc) is 2.74. The molecule has 33 heavy (non-hydrogen) atoms. The van der Waals surface area contributed by atoms with Gasteiger partial charge in [-0.25, -0.2) is 8.42 Å². The van der Waals surface area contributed by atoms with Gasteiger partial charge < -0.3 is 10.1 Å². The number of ether oxygens (including phenoxy) is 1. The molecule has 7 heteroatoms. The van der Waals surface area contributed by atoms with Gasteiger partial charge in [-0.05, 0) is 112 Å². The van der Waals surface area contributed by atoms with Crippen molar-refractivity contribution < 1.29 is 17.9 Å². The summed E-state index contributed by atoms with van der Waals surface area (Å²) in [5.74, 6) is 0.353. The zero-order valence-corrected chi connectivity index (χ0v) is 20.6. The first kappa shape index (κ1) is 24.3. The fourth-order valence-corrected chi connectivity index (χ4v) is 4.40. The molecule has 2 N–H and O–H groups in total. The van der Waals surface area contributed by atoms with E-state index in [0.29, 0.717) is 17.1 Å². The highest BCUT2D eigenvalue weighted by Crippen LogP contribution is 2.25. The van der Waals surface area contributed by atoms with E-state index in [0.717, 1.165) is 27.8 Å². The second kappa shape index (κ2) is 9.67. The monoisotopic (exact) mass is 466 g/mol. The van der Waals surface area contributed by atoms with Crippen molar-refractivity contribution >= 4 is 27.3 Å². The van der Waals surface area contributed by atoms with Crippen LogP contribution < -0.4 is 14.8 Å². The first-order chi connectivity index (χ1) is 15.5. The van der Waals surface area contributed by atoms with Gasteiger partial charge in [0.25, 0.3) is 15.9 Å². The summed E-state index contributed by atoms with van der Waals surface area (Å²) in [7, 11) is -3.75. The van der Waals surface area contributed by atoms with Gasteiger partial charge in [-0.1, -0.05) is 12.1 Å². The van der Waals surface area contributed by atoms with Crippen LogP contribution in [0.1, 0.15) is 34.7 Å². The van der Waals surface area contributed by atoms with Gasteiger partial charge in [-0.3, -0.25) is 9.52 Å². The third-order valence-corrected chi connectivity index (χ3v) is 7.03. The van der Waals surface area contributed by atoms with Crippen molar-refractivity contribution in [2.75, 3.05) is 10.0 Å². The molecule has 6 nitrogen and oxygen atoms in total. The molecule has 0 aliphatic heterocycles. The summed E-state index contributed by atoms with van der Waals surface area (Å²) >= 11 is 0. The molecule has 0 aliphatic rings. The van der Waals surface area contributed by atoms with Gasteiger partial charge >= 0.3 is 0 Å². The molecule has 0 saturated carbocycles. The molecule has 1 amide bonds. The van der Waals surface area contributed by atoms with E-state index in [1.807, 2.05) is 46.8 Å². The van der Waals surface area contributed by atoms with E-state index in [2.05, 4.69) is 16.1 Å². The molecular formula is C26H30N2O4S. The number of rotatable bonds is 7. The van der Waals surface area contributed by atoms with Gasteiger partial charge in [0.15, 0.2) is 6.10 Å². The zero-order chi connectivity index (χ0) is 24.3. The van der Waals surface area contributed by atoms with Crippen molar-refractivity contribution in [2.24, 2.45) is 0 Å². The molecule has 1 atom stereocenters. The molecule has 174 valence electrons. The average molecular weight is 467 g/mol. The Labute approximate surface area is 196 Å². The molecule has 3 rings (SSSR count). The second-order valence-electron chi connectivity index (χ2n) is 8.38. The number of nitrogens with one attached hydrogen (secondary N) is 2. The van der Waals surface area contributed by atoms with Crippen LogP contribution in [0.4, 0.5) is 11.4 Å². The summed E-state index contributed by atoms with van der Waals surface area (Å²) in [5, 5.41) is 2.77. The first-order valence-electron chi connectivity index (χ1n) is 10.7. The second-order valence-corrected chi connectivity index (χ2v) is 10.1. The number of aryl methyl sites for hydroxylation is 4. The first-order valence-corrected chi connectivity index (χ1v) is 12.2. The molecule has 0 fully saturated rings. The highest BCUT2D eigenvalue weighted by molar-refractivity contribution is 7.92. The highest BCUT2D eigenvalue weighted by Gasteiger charge is 2.18. The number of amides is 1. The lowest BCUT2D eigenvalue weighted by Crippen LogP contribution is -2.30. The normalized spacial score (nSPS) is 12.2. The number of benzene rings is 3. The quantitative estimate of drug-likeness (QED) is 0.486. The predicted octanol–water partition coefficient (Wildman–Crippen LogP) is 5.44. The molecule has 0 bridgehead atoms. The van der Waals surface area contributed by atoms with E-state index in [-0.39, 0.29) is 10.8 Å². The minimum atomic E-state index is -3.75. The summed E-state index contributed by atoms with van der Waals surface area (Å²) in [6.45, 7) is 11.5. The predicted molar refractivity (Wildman–Crippen MR) is 133 cm³/mol.